The molecule has 4 aliphatic rings. The Morgan fingerprint density at radius 2 is 1.59 bits per heavy atom. The Kier molecular flexibility index (Phi) is 11.5. The second-order valence-corrected chi connectivity index (χ2v) is 17.3. The number of nitrogens with one attached hydrogen (secondary N) is 1. The fraction of sp³-hybridized carbons (Fsp3) is 0.500. The summed E-state index contributed by atoms with van der Waals surface area (Å²) >= 11 is 0. The highest BCUT2D eigenvalue weighted by molar-refractivity contribution is 6.02. The maximum Gasteiger partial charge on any atom is 0.407 e. The van der Waals surface area contributed by atoms with Crippen LogP contribution in [-0.4, -0.2) is 78.2 Å². The highest BCUT2D eigenvalue weighted by atomic mass is 16.7. The average Bonchev–Trinajstić information content (AvgIpc) is 3.64. The van der Waals surface area contributed by atoms with E-state index in [1.165, 1.54) is 0 Å². The van der Waals surface area contributed by atoms with Crippen LogP contribution in [0.15, 0.2) is 84.0 Å². The molecule has 10 nitrogen and oxygen atoms in total. The number of fused-ring (bicyclic) bond motifs is 3. The molecule has 3 aromatic rings. The van der Waals surface area contributed by atoms with Crippen molar-refractivity contribution in [1.82, 2.24) is 10.2 Å². The topological polar surface area (TPSA) is 124 Å². The maximum absolute atomic E-state index is 14.9. The number of rotatable bonds is 15. The zero-order valence-electron chi connectivity index (χ0n) is 33.3. The number of alkyl carbamates (subject to hydrolysis) is 1. The van der Waals surface area contributed by atoms with Crippen LogP contribution in [0.4, 0.5) is 4.79 Å². The minimum absolute atomic E-state index is 0.0391. The van der Waals surface area contributed by atoms with Gasteiger partial charge in [0.1, 0.15) is 18.8 Å². The van der Waals surface area contributed by atoms with Gasteiger partial charge in [0, 0.05) is 38.7 Å². The van der Waals surface area contributed by atoms with E-state index in [1.54, 1.807) is 12.0 Å². The Balaban J connectivity index is 1.11. The van der Waals surface area contributed by atoms with Crippen molar-refractivity contribution >= 4 is 29.3 Å². The number of Topliss-reactive ketones (excluding diaryl/α,β-unsaturated/α-hetero) is 2. The zero-order valence-corrected chi connectivity index (χ0v) is 33.3. The Hall–Kier alpha value is -4.83. The van der Waals surface area contributed by atoms with E-state index < -0.39 is 41.2 Å². The summed E-state index contributed by atoms with van der Waals surface area (Å²) in [5, 5.41) is 7.37. The largest absolute Gasteiger partial charge is 0.449 e. The third-order valence-electron chi connectivity index (χ3n) is 12.0. The molecule has 7 rings (SSSR count). The molecule has 2 unspecified atom stereocenters. The number of likely N-dealkylation sites (tertiary alicyclic amines) is 1. The maximum atomic E-state index is 14.9. The number of methoxy groups -OCH3 is 1. The Morgan fingerprint density at radius 1 is 0.946 bits per heavy atom. The molecular formula is C46H55N3O7. The molecule has 56 heavy (non-hydrogen) atoms. The molecule has 2 aliphatic heterocycles. The van der Waals surface area contributed by atoms with Crippen LogP contribution in [0.3, 0.4) is 0 Å². The number of oxime groups is 1. The molecule has 1 N–H and O–H groups in total. The van der Waals surface area contributed by atoms with Crippen molar-refractivity contribution in [2.24, 2.45) is 22.4 Å². The Labute approximate surface area is 330 Å². The highest BCUT2D eigenvalue weighted by Crippen LogP contribution is 2.45. The number of hydrogen-bond acceptors (Lipinski definition) is 8. The van der Waals surface area contributed by atoms with Gasteiger partial charge in [-0.25, -0.2) is 4.79 Å². The number of hydrogen-bond donors (Lipinski definition) is 1. The second kappa shape index (κ2) is 16.3. The molecule has 10 heteroatoms. The molecule has 2 heterocycles. The molecule has 0 radical (unpaired) electrons. The molecule has 3 aromatic carbocycles. The van der Waals surface area contributed by atoms with Crippen LogP contribution >= 0.6 is 0 Å². The molecule has 2 aliphatic carbocycles. The first-order valence-electron chi connectivity index (χ1n) is 20.2. The van der Waals surface area contributed by atoms with E-state index in [9.17, 15) is 19.2 Å². The fourth-order valence-electron chi connectivity index (χ4n) is 8.98. The van der Waals surface area contributed by atoms with Crippen molar-refractivity contribution in [2.75, 3.05) is 20.3 Å². The van der Waals surface area contributed by atoms with Crippen LogP contribution in [0.25, 0.3) is 11.1 Å². The Morgan fingerprint density at radius 3 is 2.20 bits per heavy atom. The van der Waals surface area contributed by atoms with Crippen LogP contribution in [0.5, 0.6) is 0 Å². The van der Waals surface area contributed by atoms with Gasteiger partial charge in [0.15, 0.2) is 17.2 Å². The first-order valence-corrected chi connectivity index (χ1v) is 20.2. The monoisotopic (exact) mass is 761 g/mol. The molecule has 0 bridgehead atoms. The van der Waals surface area contributed by atoms with Gasteiger partial charge in [0.2, 0.25) is 5.91 Å². The molecule has 5 atom stereocenters. The van der Waals surface area contributed by atoms with E-state index in [0.29, 0.717) is 25.2 Å². The minimum Gasteiger partial charge on any atom is -0.449 e. The van der Waals surface area contributed by atoms with Gasteiger partial charge in [-0.05, 0) is 64.3 Å². The van der Waals surface area contributed by atoms with Crippen LogP contribution < -0.4 is 5.32 Å². The SMILES string of the molecule is CCC[C@H](CC(=O)[C@@H]1CC2(CC(c3ccccc3)=NO2)CN1C(=O)[C@@H](NC(=O)OCC1c2ccccc2-c2ccccc21)C(C)(C)C)C(OC)C(=O)CC1CC1. The number of amides is 2. The first kappa shape index (κ1) is 39.4. The number of carbonyl (C=O) groups is 4. The lowest BCUT2D eigenvalue weighted by Gasteiger charge is -2.35. The van der Waals surface area contributed by atoms with Gasteiger partial charge < -0.3 is 24.5 Å². The summed E-state index contributed by atoms with van der Waals surface area (Å²) in [6.45, 7) is 7.91. The molecule has 1 saturated heterocycles. The lowest BCUT2D eigenvalue weighted by Crippen LogP contribution is -2.57. The number of ketones is 2. The summed E-state index contributed by atoms with van der Waals surface area (Å²) < 4.78 is 11.7. The molecule has 296 valence electrons. The molecular weight excluding hydrogens is 707 g/mol. The van der Waals surface area contributed by atoms with Crippen LogP contribution in [0, 0.1) is 17.3 Å². The number of carbonyl (C=O) groups excluding carboxylic acids is 4. The minimum atomic E-state index is -1.02. The average molecular weight is 762 g/mol. The summed E-state index contributed by atoms with van der Waals surface area (Å²) in [5.74, 6) is -0.567. The third kappa shape index (κ3) is 8.31. The van der Waals surface area contributed by atoms with E-state index in [-0.39, 0.29) is 49.4 Å². The molecule has 1 spiro atoms. The molecule has 2 fully saturated rings. The predicted molar refractivity (Wildman–Crippen MR) is 214 cm³/mol. The standard InChI is InChI=1S/C46H55N3O7/c1-6-14-31(41(54-5)40(51)23-29-21-22-29)24-39(50)38-26-46(25-37(48-56-46)30-15-8-7-9-16-30)28-49(38)43(52)42(45(2,3)4)47-44(53)55-27-36-34-19-12-10-17-32(34)33-18-11-13-20-35(33)36/h7-13,15-20,29,31,36,38,41-42H,6,14,21-28H2,1-5H3,(H,47,53)/t31-,38+,41?,42-,46?/m1/s1. The van der Waals surface area contributed by atoms with E-state index in [0.717, 1.165) is 52.8 Å². The fourth-order valence-corrected chi connectivity index (χ4v) is 8.98. The van der Waals surface area contributed by atoms with Gasteiger partial charge in [-0.15, -0.1) is 0 Å². The molecule has 0 aromatic heterocycles. The quantitative estimate of drug-likeness (QED) is 0.167. The lowest BCUT2D eigenvalue weighted by atomic mass is 9.84. The van der Waals surface area contributed by atoms with Gasteiger partial charge in [0.25, 0.3) is 0 Å². The summed E-state index contributed by atoms with van der Waals surface area (Å²) in [4.78, 5) is 64.3. The van der Waals surface area contributed by atoms with Crippen LogP contribution in [-0.2, 0) is 28.7 Å². The van der Waals surface area contributed by atoms with Crippen LogP contribution in [0.1, 0.15) is 102 Å². The van der Waals surface area contributed by atoms with E-state index in [2.05, 4.69) is 34.7 Å². The highest BCUT2D eigenvalue weighted by Gasteiger charge is 2.55. The van der Waals surface area contributed by atoms with Gasteiger partial charge in [-0.3, -0.25) is 14.4 Å². The van der Waals surface area contributed by atoms with Crippen molar-refractivity contribution in [2.45, 2.75) is 109 Å². The smallest absolute Gasteiger partial charge is 0.407 e. The zero-order chi connectivity index (χ0) is 39.6. The van der Waals surface area contributed by atoms with Crippen molar-refractivity contribution in [3.05, 3.63) is 95.6 Å². The predicted octanol–water partition coefficient (Wildman–Crippen LogP) is 7.86. The summed E-state index contributed by atoms with van der Waals surface area (Å²) in [6, 6.07) is 24.1. The van der Waals surface area contributed by atoms with Crippen molar-refractivity contribution in [3.63, 3.8) is 0 Å². The van der Waals surface area contributed by atoms with E-state index in [4.69, 9.17) is 14.3 Å². The van der Waals surface area contributed by atoms with Gasteiger partial charge in [0.05, 0.1) is 18.3 Å². The summed E-state index contributed by atoms with van der Waals surface area (Å²) in [7, 11) is 1.54. The summed E-state index contributed by atoms with van der Waals surface area (Å²) in [5.41, 5.74) is 4.44. The normalized spacial score (nSPS) is 21.8. The van der Waals surface area contributed by atoms with Gasteiger partial charge in [-0.2, -0.15) is 0 Å². The third-order valence-corrected chi connectivity index (χ3v) is 12.0. The van der Waals surface area contributed by atoms with Gasteiger partial charge >= 0.3 is 6.09 Å². The first-order chi connectivity index (χ1) is 26.9. The van der Waals surface area contributed by atoms with Crippen molar-refractivity contribution in [3.8, 4) is 11.1 Å². The molecule has 2 amide bonds. The van der Waals surface area contributed by atoms with Gasteiger partial charge in [-0.1, -0.05) is 118 Å². The Bertz CT molecular complexity index is 1920. The van der Waals surface area contributed by atoms with E-state index >= 15 is 0 Å². The van der Waals surface area contributed by atoms with Crippen LogP contribution in [0.2, 0.25) is 0 Å². The number of nitrogens with zero attached hydrogens (tertiary/aromatic N) is 2. The van der Waals surface area contributed by atoms with Crippen molar-refractivity contribution in [1.29, 1.82) is 0 Å². The lowest BCUT2D eigenvalue weighted by molar-refractivity contribution is -0.143. The molecule has 1 saturated carbocycles. The van der Waals surface area contributed by atoms with E-state index in [1.807, 2.05) is 82.3 Å². The van der Waals surface area contributed by atoms with Crippen molar-refractivity contribution < 1.29 is 33.5 Å². The summed E-state index contributed by atoms with van der Waals surface area (Å²) in [6.07, 6.45) is 3.33. The number of benzene rings is 3. The second-order valence-electron chi connectivity index (χ2n) is 17.3. The number of ether oxygens (including phenoxy) is 2.